The molecule has 0 bridgehead atoms. The predicted octanol–water partition coefficient (Wildman–Crippen LogP) is 3.23. The lowest BCUT2D eigenvalue weighted by atomic mass is 10.0. The molecule has 1 aromatic carbocycles. The topological polar surface area (TPSA) is 66.4 Å². The molecule has 1 fully saturated rings. The van der Waals surface area contributed by atoms with Crippen LogP contribution in [0.1, 0.15) is 19.5 Å². The molecule has 8 heteroatoms. The number of imide groups is 1. The predicted molar refractivity (Wildman–Crippen MR) is 100 cm³/mol. The average Bonchev–Trinajstić information content (AvgIpc) is 2.76. The van der Waals surface area contributed by atoms with Gasteiger partial charge in [-0.2, -0.15) is 0 Å². The fourth-order valence-corrected chi connectivity index (χ4v) is 3.18. The highest BCUT2D eigenvalue weighted by atomic mass is 32.2. The van der Waals surface area contributed by atoms with Crippen molar-refractivity contribution < 1.29 is 9.59 Å². The van der Waals surface area contributed by atoms with Crippen LogP contribution in [0.15, 0.2) is 46.6 Å². The van der Waals surface area contributed by atoms with E-state index >= 15 is 0 Å². The molecule has 25 heavy (non-hydrogen) atoms. The van der Waals surface area contributed by atoms with Gasteiger partial charge < -0.3 is 4.90 Å². The van der Waals surface area contributed by atoms with Crippen LogP contribution < -0.4 is 4.90 Å². The van der Waals surface area contributed by atoms with E-state index in [0.717, 1.165) is 4.90 Å². The lowest BCUT2D eigenvalue weighted by Gasteiger charge is -2.27. The molecule has 0 N–H and O–H groups in total. The Bertz CT molecular complexity index is 824. The third kappa shape index (κ3) is 3.23. The van der Waals surface area contributed by atoms with Crippen molar-refractivity contribution in [1.82, 2.24) is 14.9 Å². The summed E-state index contributed by atoms with van der Waals surface area (Å²) in [7, 11) is 0. The molecule has 0 radical (unpaired) electrons. The standard InChI is InChI=1S/C17H18N4O2S2/c1-17(2)14(22)21(12-4-6-13(24)7-5-12)16(23)20(17)10-11-8-9-18-15(19-11)25-3/h4-9,24H,10H2,1-3H3. The minimum atomic E-state index is -0.957. The molecule has 0 unspecified atom stereocenters. The van der Waals surface area contributed by atoms with E-state index < -0.39 is 5.54 Å². The Labute approximate surface area is 156 Å². The summed E-state index contributed by atoms with van der Waals surface area (Å²) in [5.41, 5.74) is 0.276. The molecule has 1 aliphatic heterocycles. The molecule has 0 atom stereocenters. The Kier molecular flexibility index (Phi) is 4.75. The maximum absolute atomic E-state index is 12.9. The lowest BCUT2D eigenvalue weighted by molar-refractivity contribution is -0.123. The van der Waals surface area contributed by atoms with E-state index in [2.05, 4.69) is 22.6 Å². The van der Waals surface area contributed by atoms with Crippen LogP contribution in [0.3, 0.4) is 0 Å². The number of aromatic nitrogens is 2. The van der Waals surface area contributed by atoms with Crippen LogP contribution in [0.2, 0.25) is 0 Å². The van der Waals surface area contributed by atoms with E-state index in [1.54, 1.807) is 50.4 Å². The molecule has 3 rings (SSSR count). The zero-order valence-electron chi connectivity index (χ0n) is 14.1. The normalized spacial score (nSPS) is 16.6. The summed E-state index contributed by atoms with van der Waals surface area (Å²) in [5, 5.41) is 0.634. The first-order valence-corrected chi connectivity index (χ1v) is 9.33. The number of hydrogen-bond donors (Lipinski definition) is 1. The maximum Gasteiger partial charge on any atom is 0.332 e. The van der Waals surface area contributed by atoms with Crippen LogP contribution in [-0.4, -0.2) is 38.6 Å². The third-order valence-corrected chi connectivity index (χ3v) is 4.99. The lowest BCUT2D eigenvalue weighted by Crippen LogP contribution is -2.43. The number of benzene rings is 1. The first kappa shape index (κ1) is 17.8. The third-order valence-electron chi connectivity index (χ3n) is 4.13. The zero-order valence-corrected chi connectivity index (χ0v) is 15.8. The molecule has 0 spiro atoms. The molecule has 0 aliphatic carbocycles. The minimum Gasteiger partial charge on any atom is -0.304 e. The van der Waals surface area contributed by atoms with Gasteiger partial charge in [0.15, 0.2) is 5.16 Å². The number of urea groups is 1. The molecule has 1 aliphatic rings. The average molecular weight is 374 g/mol. The van der Waals surface area contributed by atoms with Crippen molar-refractivity contribution >= 4 is 42.0 Å². The van der Waals surface area contributed by atoms with Crippen LogP contribution >= 0.6 is 24.4 Å². The van der Waals surface area contributed by atoms with E-state index in [1.807, 2.05) is 6.26 Å². The maximum atomic E-state index is 12.9. The Morgan fingerprint density at radius 2 is 1.84 bits per heavy atom. The number of thiol groups is 1. The van der Waals surface area contributed by atoms with Crippen molar-refractivity contribution in [2.24, 2.45) is 0 Å². The molecule has 3 amide bonds. The minimum absolute atomic E-state index is 0.245. The SMILES string of the molecule is CSc1nccc(CN2C(=O)N(c3ccc(S)cc3)C(=O)C2(C)C)n1. The van der Waals surface area contributed by atoms with Crippen LogP contribution in [0.25, 0.3) is 0 Å². The van der Waals surface area contributed by atoms with Gasteiger partial charge in [0.1, 0.15) is 5.54 Å². The first-order valence-electron chi connectivity index (χ1n) is 7.65. The molecular formula is C17H18N4O2S2. The second kappa shape index (κ2) is 6.68. The molecule has 0 saturated carbocycles. The molecule has 6 nitrogen and oxygen atoms in total. The van der Waals surface area contributed by atoms with Crippen molar-refractivity contribution in [1.29, 1.82) is 0 Å². The summed E-state index contributed by atoms with van der Waals surface area (Å²) in [6, 6.07) is 8.34. The summed E-state index contributed by atoms with van der Waals surface area (Å²) in [5.74, 6) is -0.261. The molecule has 2 heterocycles. The van der Waals surface area contributed by atoms with E-state index in [0.29, 0.717) is 16.5 Å². The summed E-state index contributed by atoms with van der Waals surface area (Å²) in [6.45, 7) is 3.74. The van der Waals surface area contributed by atoms with E-state index in [1.165, 1.54) is 21.6 Å². The van der Waals surface area contributed by atoms with Crippen molar-refractivity contribution in [3.8, 4) is 0 Å². The van der Waals surface area contributed by atoms with Crippen LogP contribution in [0.4, 0.5) is 10.5 Å². The van der Waals surface area contributed by atoms with Crippen LogP contribution in [0.5, 0.6) is 0 Å². The highest BCUT2D eigenvalue weighted by molar-refractivity contribution is 7.98. The summed E-state index contributed by atoms with van der Waals surface area (Å²) in [6.07, 6.45) is 3.55. The van der Waals surface area contributed by atoms with Gasteiger partial charge in [-0.15, -0.1) is 12.6 Å². The fraction of sp³-hybridized carbons (Fsp3) is 0.294. The van der Waals surface area contributed by atoms with E-state index in [4.69, 9.17) is 0 Å². The van der Waals surface area contributed by atoms with Gasteiger partial charge in [-0.1, -0.05) is 11.8 Å². The van der Waals surface area contributed by atoms with E-state index in [-0.39, 0.29) is 18.5 Å². The van der Waals surface area contributed by atoms with Gasteiger partial charge in [0.25, 0.3) is 5.91 Å². The second-order valence-corrected chi connectivity index (χ2v) is 7.41. The zero-order chi connectivity index (χ0) is 18.2. The van der Waals surface area contributed by atoms with Crippen molar-refractivity contribution in [3.63, 3.8) is 0 Å². The van der Waals surface area contributed by atoms with Crippen LogP contribution in [0, 0.1) is 0 Å². The number of nitrogens with zero attached hydrogens (tertiary/aromatic N) is 4. The monoisotopic (exact) mass is 374 g/mol. The summed E-state index contributed by atoms with van der Waals surface area (Å²) >= 11 is 5.67. The molecule has 2 aromatic rings. The smallest absolute Gasteiger partial charge is 0.304 e. The summed E-state index contributed by atoms with van der Waals surface area (Å²) in [4.78, 5) is 37.9. The van der Waals surface area contributed by atoms with Crippen molar-refractivity contribution in [2.75, 3.05) is 11.2 Å². The number of carbonyl (C=O) groups excluding carboxylic acids is 2. The van der Waals surface area contributed by atoms with Gasteiger partial charge >= 0.3 is 6.03 Å². The highest BCUT2D eigenvalue weighted by Crippen LogP contribution is 2.33. The van der Waals surface area contributed by atoms with Crippen LogP contribution in [-0.2, 0) is 11.3 Å². The van der Waals surface area contributed by atoms with Gasteiger partial charge in [-0.05, 0) is 50.4 Å². The second-order valence-electron chi connectivity index (χ2n) is 6.12. The molecule has 130 valence electrons. The molecule has 1 aromatic heterocycles. The largest absolute Gasteiger partial charge is 0.332 e. The Morgan fingerprint density at radius 3 is 2.48 bits per heavy atom. The summed E-state index contributed by atoms with van der Waals surface area (Å²) < 4.78 is 0. The first-order chi connectivity index (χ1) is 11.8. The fourth-order valence-electron chi connectivity index (χ4n) is 2.65. The van der Waals surface area contributed by atoms with E-state index in [9.17, 15) is 9.59 Å². The van der Waals surface area contributed by atoms with Gasteiger partial charge in [0.05, 0.1) is 17.9 Å². The van der Waals surface area contributed by atoms with Crippen molar-refractivity contribution in [3.05, 3.63) is 42.2 Å². The number of anilines is 1. The van der Waals surface area contributed by atoms with Gasteiger partial charge in [0.2, 0.25) is 0 Å². The van der Waals surface area contributed by atoms with Gasteiger partial charge in [-0.25, -0.2) is 19.7 Å². The number of hydrogen-bond acceptors (Lipinski definition) is 6. The van der Waals surface area contributed by atoms with Crippen molar-refractivity contribution in [2.45, 2.75) is 36.0 Å². The number of rotatable bonds is 4. The Hall–Kier alpha value is -2.06. The quantitative estimate of drug-likeness (QED) is 0.385. The highest BCUT2D eigenvalue weighted by Gasteiger charge is 2.51. The number of amides is 3. The number of carbonyl (C=O) groups is 2. The Balaban J connectivity index is 1.93. The number of thioether (sulfide) groups is 1. The Morgan fingerprint density at radius 1 is 1.16 bits per heavy atom. The molecular weight excluding hydrogens is 356 g/mol. The van der Waals surface area contributed by atoms with Gasteiger partial charge in [0, 0.05) is 11.1 Å². The van der Waals surface area contributed by atoms with Gasteiger partial charge in [-0.3, -0.25) is 4.79 Å². The molecule has 1 saturated heterocycles.